The molecule has 0 atom stereocenters. The standard InChI is InChI=1S/C15H20N4O3S/c1-17-15(7-8-16-17)23(20,21)19-11-9-18(10-12-19)13-5-3-4-6-14(13)22-2/h3-8H,9-12H2,1-2H3. The smallest absolute Gasteiger partial charge is 0.260 e. The normalized spacial score (nSPS) is 16.5. The van der Waals surface area contributed by atoms with Crippen LogP contribution in [0.25, 0.3) is 0 Å². The number of piperazine rings is 1. The van der Waals surface area contributed by atoms with Crippen molar-refractivity contribution in [3.63, 3.8) is 0 Å². The topological polar surface area (TPSA) is 67.7 Å². The lowest BCUT2D eigenvalue weighted by Crippen LogP contribution is -2.49. The minimum atomic E-state index is -3.49. The van der Waals surface area contributed by atoms with Crippen molar-refractivity contribution >= 4 is 15.7 Å². The number of rotatable bonds is 4. The van der Waals surface area contributed by atoms with Gasteiger partial charge in [0.2, 0.25) is 0 Å². The molecule has 23 heavy (non-hydrogen) atoms. The number of nitrogens with zero attached hydrogens (tertiary/aromatic N) is 4. The number of aryl methyl sites for hydroxylation is 1. The Bertz CT molecular complexity index is 780. The molecule has 0 spiro atoms. The molecule has 1 saturated heterocycles. The van der Waals surface area contributed by atoms with Gasteiger partial charge in [-0.05, 0) is 18.2 Å². The van der Waals surface area contributed by atoms with Crippen LogP contribution in [0.1, 0.15) is 0 Å². The third kappa shape index (κ3) is 2.91. The van der Waals surface area contributed by atoms with Gasteiger partial charge in [0.15, 0.2) is 5.03 Å². The van der Waals surface area contributed by atoms with Gasteiger partial charge in [0.05, 0.1) is 19.0 Å². The van der Waals surface area contributed by atoms with E-state index < -0.39 is 10.0 Å². The summed E-state index contributed by atoms with van der Waals surface area (Å²) >= 11 is 0. The molecule has 1 aromatic carbocycles. The monoisotopic (exact) mass is 336 g/mol. The van der Waals surface area contributed by atoms with E-state index >= 15 is 0 Å². The van der Waals surface area contributed by atoms with Gasteiger partial charge in [0, 0.05) is 33.2 Å². The molecule has 7 nitrogen and oxygen atoms in total. The molecule has 1 aromatic heterocycles. The summed E-state index contributed by atoms with van der Waals surface area (Å²) in [5, 5.41) is 4.17. The van der Waals surface area contributed by atoms with Crippen LogP contribution in [0, 0.1) is 0 Å². The van der Waals surface area contributed by atoms with E-state index in [4.69, 9.17) is 4.74 Å². The second-order valence-electron chi connectivity index (χ2n) is 5.36. The maximum atomic E-state index is 12.7. The third-order valence-electron chi connectivity index (χ3n) is 4.04. The zero-order chi connectivity index (χ0) is 16.4. The lowest BCUT2D eigenvalue weighted by atomic mass is 10.2. The first-order valence-corrected chi connectivity index (χ1v) is 8.84. The van der Waals surface area contributed by atoms with Gasteiger partial charge in [0.1, 0.15) is 5.75 Å². The molecular formula is C15H20N4O3S. The van der Waals surface area contributed by atoms with E-state index in [1.807, 2.05) is 24.3 Å². The first-order valence-electron chi connectivity index (χ1n) is 7.40. The van der Waals surface area contributed by atoms with Crippen molar-refractivity contribution in [2.75, 3.05) is 38.2 Å². The Morgan fingerprint density at radius 3 is 2.39 bits per heavy atom. The molecule has 0 radical (unpaired) electrons. The van der Waals surface area contributed by atoms with Gasteiger partial charge in [-0.15, -0.1) is 0 Å². The van der Waals surface area contributed by atoms with E-state index in [2.05, 4.69) is 10.00 Å². The quantitative estimate of drug-likeness (QED) is 0.831. The molecule has 1 fully saturated rings. The molecule has 8 heteroatoms. The maximum absolute atomic E-state index is 12.7. The fourth-order valence-electron chi connectivity index (χ4n) is 2.81. The average Bonchev–Trinajstić information content (AvgIpc) is 3.02. The van der Waals surface area contributed by atoms with Gasteiger partial charge in [-0.1, -0.05) is 12.1 Å². The summed E-state index contributed by atoms with van der Waals surface area (Å²) in [4.78, 5) is 2.15. The Labute approximate surface area is 136 Å². The highest BCUT2D eigenvalue weighted by Crippen LogP contribution is 2.29. The minimum Gasteiger partial charge on any atom is -0.495 e. The Morgan fingerprint density at radius 1 is 1.09 bits per heavy atom. The minimum absolute atomic E-state index is 0.225. The molecule has 0 saturated carbocycles. The first-order chi connectivity index (χ1) is 11.0. The summed E-state index contributed by atoms with van der Waals surface area (Å²) in [6.45, 7) is 2.12. The first kappa shape index (κ1) is 15.8. The molecule has 124 valence electrons. The Hall–Kier alpha value is -2.06. The van der Waals surface area contributed by atoms with Crippen LogP contribution < -0.4 is 9.64 Å². The highest BCUT2D eigenvalue weighted by Gasteiger charge is 2.31. The molecule has 1 aliphatic heterocycles. The van der Waals surface area contributed by atoms with Gasteiger partial charge in [-0.25, -0.2) is 8.42 Å². The fraction of sp³-hybridized carbons (Fsp3) is 0.400. The summed E-state index contributed by atoms with van der Waals surface area (Å²) < 4.78 is 33.6. The number of benzene rings is 1. The van der Waals surface area contributed by atoms with E-state index in [0.717, 1.165) is 11.4 Å². The number of ether oxygens (including phenoxy) is 1. The van der Waals surface area contributed by atoms with Gasteiger partial charge in [-0.2, -0.15) is 9.40 Å². The second kappa shape index (κ2) is 6.21. The lowest BCUT2D eigenvalue weighted by molar-refractivity contribution is 0.375. The number of para-hydroxylation sites is 2. The van der Waals surface area contributed by atoms with Gasteiger partial charge >= 0.3 is 0 Å². The van der Waals surface area contributed by atoms with E-state index in [0.29, 0.717) is 26.2 Å². The molecule has 0 amide bonds. The van der Waals surface area contributed by atoms with Gasteiger partial charge in [0.25, 0.3) is 10.0 Å². The fourth-order valence-corrected chi connectivity index (χ4v) is 4.33. The summed E-state index contributed by atoms with van der Waals surface area (Å²) in [7, 11) is -0.217. The van der Waals surface area contributed by atoms with Crippen molar-refractivity contribution in [2.24, 2.45) is 7.05 Å². The van der Waals surface area contributed by atoms with Crippen LogP contribution in [0.15, 0.2) is 41.6 Å². The largest absolute Gasteiger partial charge is 0.495 e. The van der Waals surface area contributed by atoms with E-state index in [-0.39, 0.29) is 5.03 Å². The van der Waals surface area contributed by atoms with Crippen LogP contribution in [-0.2, 0) is 17.1 Å². The summed E-state index contributed by atoms with van der Waals surface area (Å²) in [6.07, 6.45) is 1.50. The predicted octanol–water partition coefficient (Wildman–Crippen LogP) is 0.940. The molecule has 1 aliphatic rings. The van der Waals surface area contributed by atoms with E-state index in [1.54, 1.807) is 14.2 Å². The molecule has 0 aliphatic carbocycles. The van der Waals surface area contributed by atoms with Crippen molar-refractivity contribution in [1.82, 2.24) is 14.1 Å². The number of methoxy groups -OCH3 is 1. The predicted molar refractivity (Wildman–Crippen MR) is 87.2 cm³/mol. The molecule has 2 heterocycles. The summed E-state index contributed by atoms with van der Waals surface area (Å²) in [6, 6.07) is 9.31. The van der Waals surface area contributed by atoms with E-state index in [9.17, 15) is 8.42 Å². The molecule has 2 aromatic rings. The Balaban J connectivity index is 1.75. The van der Waals surface area contributed by atoms with Crippen molar-refractivity contribution in [3.8, 4) is 5.75 Å². The van der Waals surface area contributed by atoms with Crippen LogP contribution in [-0.4, -0.2) is 55.8 Å². The van der Waals surface area contributed by atoms with E-state index in [1.165, 1.54) is 21.3 Å². The van der Waals surface area contributed by atoms with Crippen LogP contribution in [0.2, 0.25) is 0 Å². The number of sulfonamides is 1. The number of anilines is 1. The molecule has 0 bridgehead atoms. The summed E-state index contributed by atoms with van der Waals surface area (Å²) in [5.74, 6) is 0.801. The average molecular weight is 336 g/mol. The highest BCUT2D eigenvalue weighted by molar-refractivity contribution is 7.89. The number of hydrogen-bond acceptors (Lipinski definition) is 5. The molecule has 0 unspecified atom stereocenters. The zero-order valence-corrected chi connectivity index (χ0v) is 14.0. The zero-order valence-electron chi connectivity index (χ0n) is 13.2. The van der Waals surface area contributed by atoms with Crippen molar-refractivity contribution in [3.05, 3.63) is 36.5 Å². The Kier molecular flexibility index (Phi) is 4.27. The van der Waals surface area contributed by atoms with Gasteiger partial charge in [-0.3, -0.25) is 4.68 Å². The van der Waals surface area contributed by atoms with Crippen molar-refractivity contribution < 1.29 is 13.2 Å². The Morgan fingerprint density at radius 2 is 1.78 bits per heavy atom. The molecule has 0 N–H and O–H groups in total. The third-order valence-corrected chi connectivity index (χ3v) is 6.02. The summed E-state index contributed by atoms with van der Waals surface area (Å²) in [5.41, 5.74) is 0.993. The van der Waals surface area contributed by atoms with Crippen molar-refractivity contribution in [1.29, 1.82) is 0 Å². The van der Waals surface area contributed by atoms with Gasteiger partial charge < -0.3 is 9.64 Å². The molecular weight excluding hydrogens is 316 g/mol. The SMILES string of the molecule is COc1ccccc1N1CCN(S(=O)(=O)c2ccnn2C)CC1. The molecule has 3 rings (SSSR count). The maximum Gasteiger partial charge on any atom is 0.260 e. The van der Waals surface area contributed by atoms with Crippen LogP contribution in [0.3, 0.4) is 0 Å². The number of hydrogen-bond donors (Lipinski definition) is 0. The van der Waals surface area contributed by atoms with Crippen LogP contribution in [0.4, 0.5) is 5.69 Å². The highest BCUT2D eigenvalue weighted by atomic mass is 32.2. The lowest BCUT2D eigenvalue weighted by Gasteiger charge is -2.35. The van der Waals surface area contributed by atoms with Crippen LogP contribution in [0.5, 0.6) is 5.75 Å². The number of aromatic nitrogens is 2. The second-order valence-corrected chi connectivity index (χ2v) is 7.24. The van der Waals surface area contributed by atoms with Crippen LogP contribution >= 0.6 is 0 Å². The van der Waals surface area contributed by atoms with Crippen molar-refractivity contribution in [2.45, 2.75) is 5.03 Å².